The molecule has 0 spiro atoms. The summed E-state index contributed by atoms with van der Waals surface area (Å²) in [5.41, 5.74) is 9.69. The molecule has 8 nitrogen and oxygen atoms in total. The molecule has 8 heteroatoms. The van der Waals surface area contributed by atoms with Crippen LogP contribution in [0.3, 0.4) is 0 Å². The lowest BCUT2D eigenvalue weighted by Gasteiger charge is -2.33. The number of ether oxygens (including phenoxy) is 2. The van der Waals surface area contributed by atoms with E-state index in [1.54, 1.807) is 13.3 Å². The molecule has 0 bridgehead atoms. The number of aromatic nitrogens is 2. The average Bonchev–Trinajstić information content (AvgIpc) is 2.75. The molecular weight excluding hydrogens is 368 g/mol. The molecule has 3 N–H and O–H groups in total. The zero-order chi connectivity index (χ0) is 20.6. The molecule has 0 amide bonds. The maximum absolute atomic E-state index is 5.92. The Kier molecular flexibility index (Phi) is 7.37. The number of hydrogen-bond donors (Lipinski definition) is 2. The largest absolute Gasteiger partial charge is 0.481 e. The van der Waals surface area contributed by atoms with E-state index >= 15 is 0 Å². The number of pyridine rings is 2. The molecule has 0 saturated heterocycles. The van der Waals surface area contributed by atoms with Crippen LogP contribution in [0.1, 0.15) is 20.3 Å². The second kappa shape index (κ2) is 10.2. The molecule has 0 radical (unpaired) electrons. The number of nitrogens with zero attached hydrogens (tertiary/aromatic N) is 4. The van der Waals surface area contributed by atoms with Gasteiger partial charge in [-0.2, -0.15) is 0 Å². The Balaban J connectivity index is 1.90. The predicted molar refractivity (Wildman–Crippen MR) is 117 cm³/mol. The first-order chi connectivity index (χ1) is 14.1. The lowest BCUT2D eigenvalue weighted by molar-refractivity contribution is 0.142. The number of rotatable bonds is 9. The molecule has 0 aliphatic carbocycles. The summed E-state index contributed by atoms with van der Waals surface area (Å²) < 4.78 is 10.9. The van der Waals surface area contributed by atoms with Crippen LogP contribution >= 0.6 is 0 Å². The minimum Gasteiger partial charge on any atom is -0.481 e. The van der Waals surface area contributed by atoms with Crippen molar-refractivity contribution in [1.29, 1.82) is 0 Å². The molecule has 1 atom stereocenters. The van der Waals surface area contributed by atoms with Gasteiger partial charge in [0.15, 0.2) is 0 Å². The topological polar surface area (TPSA) is 97.9 Å². The summed E-state index contributed by atoms with van der Waals surface area (Å²) in [7, 11) is 1.60. The molecule has 3 rings (SSSR count). The van der Waals surface area contributed by atoms with Crippen LogP contribution in [-0.2, 0) is 4.74 Å². The minimum atomic E-state index is 0.0143. The number of aliphatic imine (C=N–C) groups is 1. The number of anilines is 2. The van der Waals surface area contributed by atoms with Crippen LogP contribution in [0, 0.1) is 0 Å². The van der Waals surface area contributed by atoms with Gasteiger partial charge in [-0.05, 0) is 25.5 Å². The smallest absolute Gasteiger partial charge is 0.212 e. The third kappa shape index (κ3) is 5.42. The first-order valence-corrected chi connectivity index (χ1v) is 10.0. The van der Waals surface area contributed by atoms with E-state index in [9.17, 15) is 0 Å². The van der Waals surface area contributed by atoms with Crippen molar-refractivity contribution in [1.82, 2.24) is 9.97 Å². The fourth-order valence-corrected chi connectivity index (χ4v) is 3.07. The van der Waals surface area contributed by atoms with Gasteiger partial charge in [0.25, 0.3) is 0 Å². The number of methoxy groups -OCH3 is 1. The van der Waals surface area contributed by atoms with E-state index in [4.69, 9.17) is 20.2 Å². The summed E-state index contributed by atoms with van der Waals surface area (Å²) in [4.78, 5) is 15.8. The maximum Gasteiger partial charge on any atom is 0.212 e. The molecule has 1 aliphatic rings. The Hall–Kier alpha value is -2.71. The fraction of sp³-hybridized carbons (Fsp3) is 0.476. The van der Waals surface area contributed by atoms with Gasteiger partial charge in [0.2, 0.25) is 5.88 Å². The molecule has 2 aromatic heterocycles. The van der Waals surface area contributed by atoms with Gasteiger partial charge in [-0.1, -0.05) is 6.92 Å². The highest BCUT2D eigenvalue weighted by atomic mass is 16.5. The molecule has 3 heterocycles. The molecule has 29 heavy (non-hydrogen) atoms. The highest BCUT2D eigenvalue weighted by molar-refractivity contribution is 6.06. The Bertz CT molecular complexity index is 822. The molecule has 0 fully saturated rings. The standard InChI is InChI=1S/C21H30N6O2/c1-4-8-29-9-7-27-19-10-17(16-5-6-21(28-3)26-12-16)23-13-18(19)24-14-20(27)25-11-15(2)22/h5-6,10,12-13,15,24H,4,7-9,11,14,22H2,1-3H3/t15-/m0/s1. The van der Waals surface area contributed by atoms with Gasteiger partial charge in [-0.3, -0.25) is 9.98 Å². The fourth-order valence-electron chi connectivity index (χ4n) is 3.07. The summed E-state index contributed by atoms with van der Waals surface area (Å²) in [6.07, 6.45) is 4.63. The van der Waals surface area contributed by atoms with Gasteiger partial charge in [0, 0.05) is 37.0 Å². The quantitative estimate of drug-likeness (QED) is 0.627. The highest BCUT2D eigenvalue weighted by Crippen LogP contribution is 2.33. The summed E-state index contributed by atoms with van der Waals surface area (Å²) in [5, 5.41) is 3.41. The van der Waals surface area contributed by atoms with E-state index in [0.29, 0.717) is 25.6 Å². The highest BCUT2D eigenvalue weighted by Gasteiger charge is 2.23. The van der Waals surface area contributed by atoms with E-state index in [-0.39, 0.29) is 6.04 Å². The van der Waals surface area contributed by atoms with Crippen molar-refractivity contribution < 1.29 is 9.47 Å². The van der Waals surface area contributed by atoms with Gasteiger partial charge in [-0.15, -0.1) is 0 Å². The Labute approximate surface area is 172 Å². The Morgan fingerprint density at radius 3 is 2.83 bits per heavy atom. The lowest BCUT2D eigenvalue weighted by atomic mass is 10.1. The number of hydrogen-bond acceptors (Lipinski definition) is 7. The molecule has 0 aromatic carbocycles. The summed E-state index contributed by atoms with van der Waals surface area (Å²) in [5.74, 6) is 1.54. The van der Waals surface area contributed by atoms with E-state index in [0.717, 1.165) is 48.0 Å². The lowest BCUT2D eigenvalue weighted by Crippen LogP contribution is -2.43. The van der Waals surface area contributed by atoms with Crippen LogP contribution in [0.15, 0.2) is 35.6 Å². The molecule has 0 unspecified atom stereocenters. The molecule has 2 aromatic rings. The van der Waals surface area contributed by atoms with Gasteiger partial charge < -0.3 is 25.4 Å². The van der Waals surface area contributed by atoms with Crippen LogP contribution in [-0.4, -0.2) is 61.8 Å². The van der Waals surface area contributed by atoms with Crippen LogP contribution < -0.4 is 20.7 Å². The predicted octanol–water partition coefficient (Wildman–Crippen LogP) is 2.56. The first-order valence-electron chi connectivity index (χ1n) is 10.0. The van der Waals surface area contributed by atoms with Crippen molar-refractivity contribution in [2.45, 2.75) is 26.3 Å². The summed E-state index contributed by atoms with van der Waals surface area (Å²) in [6, 6.07) is 5.86. The summed E-state index contributed by atoms with van der Waals surface area (Å²) >= 11 is 0. The van der Waals surface area contributed by atoms with Crippen molar-refractivity contribution in [3.8, 4) is 17.1 Å². The minimum absolute atomic E-state index is 0.0143. The van der Waals surface area contributed by atoms with Crippen LogP contribution in [0.25, 0.3) is 11.3 Å². The van der Waals surface area contributed by atoms with Crippen molar-refractivity contribution in [3.63, 3.8) is 0 Å². The SMILES string of the molecule is CCCOCCN1C(=NC[C@H](C)N)CNc2cnc(-c3ccc(OC)nc3)cc21. The van der Waals surface area contributed by atoms with Crippen LogP contribution in [0.2, 0.25) is 0 Å². The van der Waals surface area contributed by atoms with E-state index in [2.05, 4.69) is 33.2 Å². The Morgan fingerprint density at radius 2 is 2.14 bits per heavy atom. The monoisotopic (exact) mass is 398 g/mol. The second-order valence-corrected chi connectivity index (χ2v) is 7.03. The van der Waals surface area contributed by atoms with Gasteiger partial charge in [0.05, 0.1) is 50.1 Å². The second-order valence-electron chi connectivity index (χ2n) is 7.03. The maximum atomic E-state index is 5.92. The third-order valence-electron chi connectivity index (χ3n) is 4.53. The van der Waals surface area contributed by atoms with Crippen molar-refractivity contribution >= 4 is 17.2 Å². The number of amidine groups is 1. The van der Waals surface area contributed by atoms with Gasteiger partial charge in [-0.25, -0.2) is 4.98 Å². The van der Waals surface area contributed by atoms with Crippen LogP contribution in [0.4, 0.5) is 11.4 Å². The molecule has 1 aliphatic heterocycles. The van der Waals surface area contributed by atoms with E-state index < -0.39 is 0 Å². The van der Waals surface area contributed by atoms with Crippen molar-refractivity contribution in [2.24, 2.45) is 10.7 Å². The van der Waals surface area contributed by atoms with Crippen molar-refractivity contribution in [3.05, 3.63) is 30.6 Å². The summed E-state index contributed by atoms with van der Waals surface area (Å²) in [6.45, 7) is 7.39. The molecule has 0 saturated carbocycles. The average molecular weight is 399 g/mol. The number of nitrogens with two attached hydrogens (primary N) is 1. The first kappa shape index (κ1) is 21.0. The van der Waals surface area contributed by atoms with Gasteiger partial charge >= 0.3 is 0 Å². The van der Waals surface area contributed by atoms with E-state index in [1.807, 2.05) is 25.3 Å². The van der Waals surface area contributed by atoms with E-state index in [1.165, 1.54) is 0 Å². The third-order valence-corrected chi connectivity index (χ3v) is 4.53. The zero-order valence-corrected chi connectivity index (χ0v) is 17.4. The van der Waals surface area contributed by atoms with Crippen LogP contribution in [0.5, 0.6) is 5.88 Å². The number of fused-ring (bicyclic) bond motifs is 1. The van der Waals surface area contributed by atoms with Crippen molar-refractivity contribution in [2.75, 3.05) is 50.2 Å². The normalized spacial score (nSPS) is 15.7. The molecule has 156 valence electrons. The molecular formula is C21H30N6O2. The zero-order valence-electron chi connectivity index (χ0n) is 17.4. The Morgan fingerprint density at radius 1 is 1.28 bits per heavy atom. The number of nitrogens with one attached hydrogen (secondary N) is 1. The van der Waals surface area contributed by atoms with Gasteiger partial charge in [0.1, 0.15) is 5.84 Å².